The van der Waals surface area contributed by atoms with E-state index in [9.17, 15) is 25.5 Å². The molecule has 5 rings (SSSR count). The molecule has 2 aromatic carbocycles. The van der Waals surface area contributed by atoms with E-state index in [0.29, 0.717) is 34.1 Å². The van der Waals surface area contributed by atoms with Crippen LogP contribution in [0.2, 0.25) is 0 Å². The first-order valence-corrected chi connectivity index (χ1v) is 14.2. The van der Waals surface area contributed by atoms with Gasteiger partial charge in [0.2, 0.25) is 29.3 Å². The Morgan fingerprint density at radius 3 is 1.69 bits per heavy atom. The summed E-state index contributed by atoms with van der Waals surface area (Å²) in [4.78, 5) is 0. The van der Waals surface area contributed by atoms with Gasteiger partial charge >= 0.3 is 0 Å². The van der Waals surface area contributed by atoms with E-state index in [-0.39, 0.29) is 48.0 Å². The van der Waals surface area contributed by atoms with Crippen molar-refractivity contribution in [1.82, 2.24) is 0 Å². The average Bonchev–Trinajstić information content (AvgIpc) is 3.66. The number of hydrogen-bond donors (Lipinski definition) is 5. The van der Waals surface area contributed by atoms with E-state index in [2.05, 4.69) is 0 Å². The van der Waals surface area contributed by atoms with Crippen LogP contribution in [0.5, 0.6) is 46.0 Å². The van der Waals surface area contributed by atoms with Gasteiger partial charge in [-0.05, 0) is 12.1 Å². The van der Waals surface area contributed by atoms with Gasteiger partial charge in [0.15, 0.2) is 23.0 Å². The van der Waals surface area contributed by atoms with Crippen molar-refractivity contribution in [3.05, 3.63) is 23.3 Å². The van der Waals surface area contributed by atoms with Crippen LogP contribution in [0.15, 0.2) is 12.1 Å². The van der Waals surface area contributed by atoms with Gasteiger partial charge in [0.25, 0.3) is 0 Å². The lowest BCUT2D eigenvalue weighted by molar-refractivity contribution is -0.277. The van der Waals surface area contributed by atoms with Crippen LogP contribution in [0, 0.1) is 11.8 Å². The lowest BCUT2D eigenvalue weighted by atomic mass is 9.84. The number of rotatable bonds is 11. The maximum Gasteiger partial charge on any atom is 0.229 e. The van der Waals surface area contributed by atoms with Crippen molar-refractivity contribution in [2.45, 2.75) is 42.9 Å². The smallest absolute Gasteiger partial charge is 0.229 e. The lowest BCUT2D eigenvalue weighted by Gasteiger charge is -2.40. The molecule has 0 radical (unpaired) electrons. The number of phenols is 1. The zero-order chi connectivity index (χ0) is 32.6. The maximum absolute atomic E-state index is 10.9. The minimum absolute atomic E-state index is 0.00375. The molecule has 0 amide bonds. The van der Waals surface area contributed by atoms with Crippen LogP contribution >= 0.6 is 0 Å². The molecule has 0 spiro atoms. The van der Waals surface area contributed by atoms with Crippen LogP contribution < -0.4 is 33.2 Å². The van der Waals surface area contributed by atoms with Crippen LogP contribution in [0.3, 0.4) is 0 Å². The van der Waals surface area contributed by atoms with Gasteiger partial charge in [-0.15, -0.1) is 0 Å². The number of aromatic hydroxyl groups is 1. The molecule has 0 saturated carbocycles. The summed E-state index contributed by atoms with van der Waals surface area (Å²) in [5, 5.41) is 51.9. The SMILES string of the molecule is COc1cc(C2OCC3C(c4cc(O)c(OC)c(OC)c4O[C@@H]4O[C@H](CO)[C@@H](O)[C@H](O)[C@H]4O)OCC23)c(OC)c(OC)c1OC. The highest BCUT2D eigenvalue weighted by molar-refractivity contribution is 5.65. The molecule has 9 atom stereocenters. The van der Waals surface area contributed by atoms with Crippen molar-refractivity contribution in [1.29, 1.82) is 0 Å². The number of phenolic OH excluding ortho intramolecular Hbond substituents is 1. The van der Waals surface area contributed by atoms with Gasteiger partial charge in [-0.1, -0.05) is 0 Å². The lowest BCUT2D eigenvalue weighted by Crippen LogP contribution is -2.60. The van der Waals surface area contributed by atoms with Crippen LogP contribution in [-0.2, 0) is 14.2 Å². The highest BCUT2D eigenvalue weighted by Gasteiger charge is 2.52. The summed E-state index contributed by atoms with van der Waals surface area (Å²) in [6, 6.07) is 3.18. The zero-order valence-corrected chi connectivity index (χ0v) is 25.8. The summed E-state index contributed by atoms with van der Waals surface area (Å²) in [5.74, 6) is 0.720. The molecule has 3 aliphatic heterocycles. The molecule has 5 N–H and O–H groups in total. The average molecular weight is 641 g/mol. The van der Waals surface area contributed by atoms with E-state index in [1.807, 2.05) is 0 Å². The normalized spacial score (nSPS) is 30.8. The Morgan fingerprint density at radius 2 is 1.18 bits per heavy atom. The first-order chi connectivity index (χ1) is 21.7. The fourth-order valence-corrected chi connectivity index (χ4v) is 6.38. The van der Waals surface area contributed by atoms with Crippen molar-refractivity contribution in [3.63, 3.8) is 0 Å². The fraction of sp³-hybridized carbons (Fsp3) is 0.600. The quantitative estimate of drug-likeness (QED) is 0.230. The van der Waals surface area contributed by atoms with E-state index in [0.717, 1.165) is 0 Å². The van der Waals surface area contributed by atoms with E-state index < -0.39 is 49.5 Å². The van der Waals surface area contributed by atoms with E-state index in [1.54, 1.807) is 6.07 Å². The van der Waals surface area contributed by atoms with E-state index in [4.69, 9.17) is 47.4 Å². The molecule has 3 fully saturated rings. The minimum atomic E-state index is -1.70. The molecule has 15 heteroatoms. The maximum atomic E-state index is 10.9. The Hall–Kier alpha value is -3.44. The van der Waals surface area contributed by atoms with Gasteiger partial charge in [0.1, 0.15) is 24.4 Å². The van der Waals surface area contributed by atoms with Gasteiger partial charge in [-0.2, -0.15) is 0 Å². The van der Waals surface area contributed by atoms with Crippen molar-refractivity contribution < 1.29 is 72.9 Å². The first kappa shape index (κ1) is 32.9. The molecular formula is C30H40O15. The third-order valence-electron chi connectivity index (χ3n) is 8.58. The summed E-state index contributed by atoms with van der Waals surface area (Å²) in [6.07, 6.45) is -8.95. The van der Waals surface area contributed by atoms with Crippen molar-refractivity contribution in [2.24, 2.45) is 11.8 Å². The van der Waals surface area contributed by atoms with Crippen LogP contribution in [0.1, 0.15) is 23.3 Å². The van der Waals surface area contributed by atoms with Crippen LogP contribution in [-0.4, -0.2) is 119 Å². The molecule has 45 heavy (non-hydrogen) atoms. The molecule has 15 nitrogen and oxygen atoms in total. The van der Waals surface area contributed by atoms with Crippen LogP contribution in [0.25, 0.3) is 0 Å². The highest BCUT2D eigenvalue weighted by Crippen LogP contribution is 2.58. The number of aliphatic hydroxyl groups is 4. The molecule has 250 valence electrons. The Morgan fingerprint density at radius 1 is 0.644 bits per heavy atom. The number of aliphatic hydroxyl groups excluding tert-OH is 4. The molecule has 2 aromatic rings. The van der Waals surface area contributed by atoms with Gasteiger partial charge in [0, 0.05) is 23.0 Å². The Kier molecular flexibility index (Phi) is 9.88. The third kappa shape index (κ3) is 5.52. The summed E-state index contributed by atoms with van der Waals surface area (Å²) in [5.41, 5.74) is 0.993. The highest BCUT2D eigenvalue weighted by atomic mass is 16.7. The first-order valence-electron chi connectivity index (χ1n) is 14.2. The van der Waals surface area contributed by atoms with Gasteiger partial charge in [0.05, 0.1) is 74.7 Å². The van der Waals surface area contributed by atoms with Gasteiger partial charge in [-0.25, -0.2) is 0 Å². The minimum Gasteiger partial charge on any atom is -0.504 e. The van der Waals surface area contributed by atoms with Crippen LogP contribution in [0.4, 0.5) is 0 Å². The molecule has 4 unspecified atom stereocenters. The van der Waals surface area contributed by atoms with Gasteiger partial charge in [-0.3, -0.25) is 0 Å². The second kappa shape index (κ2) is 13.5. The summed E-state index contributed by atoms with van der Waals surface area (Å²) in [6.45, 7) is -0.158. The third-order valence-corrected chi connectivity index (χ3v) is 8.58. The standard InChI is InChI=1S/C30H40O15/c1-36-17-8-13(24(37-2)28(40-5)27(17)39-4)23-15-11-42-22(14(15)10-43-23)12-7-16(32)26(38-3)29(41-6)25(12)45-30-21(35)20(34)19(33)18(9-31)44-30/h7-8,14-15,18-23,30-35H,9-11H2,1-6H3/t14?,15?,18-,19-,20+,21-,22?,23?,30+/m1/s1. The second-order valence-electron chi connectivity index (χ2n) is 10.8. The van der Waals surface area contributed by atoms with Crippen molar-refractivity contribution in [2.75, 3.05) is 62.5 Å². The Bertz CT molecular complexity index is 1350. The fourth-order valence-electron chi connectivity index (χ4n) is 6.38. The largest absolute Gasteiger partial charge is 0.504 e. The molecule has 0 bridgehead atoms. The van der Waals surface area contributed by atoms with E-state index >= 15 is 0 Å². The van der Waals surface area contributed by atoms with Crippen molar-refractivity contribution >= 4 is 0 Å². The molecule has 0 aliphatic carbocycles. The number of fused-ring (bicyclic) bond motifs is 1. The molecule has 0 aromatic heterocycles. The second-order valence-corrected chi connectivity index (χ2v) is 10.8. The van der Waals surface area contributed by atoms with E-state index in [1.165, 1.54) is 48.7 Å². The Labute approximate surface area is 259 Å². The molecular weight excluding hydrogens is 600 g/mol. The number of benzene rings is 2. The number of methoxy groups -OCH3 is 6. The molecule has 3 aliphatic rings. The summed E-state index contributed by atoms with van der Waals surface area (Å²) in [7, 11) is 8.70. The molecule has 3 heterocycles. The monoisotopic (exact) mass is 640 g/mol. The zero-order valence-electron chi connectivity index (χ0n) is 25.8. The predicted molar refractivity (Wildman–Crippen MR) is 153 cm³/mol. The number of hydrogen-bond acceptors (Lipinski definition) is 15. The number of ether oxygens (including phenoxy) is 10. The van der Waals surface area contributed by atoms with Gasteiger partial charge < -0.3 is 72.9 Å². The Balaban J connectivity index is 1.53. The predicted octanol–water partition coefficient (Wildman–Crippen LogP) is 0.698. The topological polar surface area (TPSA) is 193 Å². The summed E-state index contributed by atoms with van der Waals surface area (Å²) >= 11 is 0. The van der Waals surface area contributed by atoms with Crippen molar-refractivity contribution in [3.8, 4) is 46.0 Å². The molecule has 3 saturated heterocycles. The summed E-state index contributed by atoms with van der Waals surface area (Å²) < 4.78 is 57.8.